The van der Waals surface area contributed by atoms with Gasteiger partial charge in [-0.05, 0) is 57.5 Å². The molecule has 1 saturated carbocycles. The number of nitrogens with one attached hydrogen (secondary N) is 1. The van der Waals surface area contributed by atoms with E-state index in [-0.39, 0.29) is 17.4 Å². The molecular weight excluding hydrogens is 393 g/mol. The quantitative estimate of drug-likeness (QED) is 0.804. The minimum atomic E-state index is -4.45. The van der Waals surface area contributed by atoms with Gasteiger partial charge in [0.1, 0.15) is 5.82 Å². The highest BCUT2D eigenvalue weighted by molar-refractivity contribution is 5.94. The number of pyridine rings is 1. The van der Waals surface area contributed by atoms with Gasteiger partial charge in [-0.2, -0.15) is 13.2 Å². The van der Waals surface area contributed by atoms with Gasteiger partial charge >= 0.3 is 12.2 Å². The third-order valence-corrected chi connectivity index (χ3v) is 6.63. The molecule has 2 amide bonds. The number of hydrogen-bond acceptors (Lipinski definition) is 3. The lowest BCUT2D eigenvalue weighted by molar-refractivity contribution is -0.137. The van der Waals surface area contributed by atoms with Crippen molar-refractivity contribution in [1.29, 1.82) is 0 Å². The van der Waals surface area contributed by atoms with Crippen molar-refractivity contribution in [3.63, 3.8) is 0 Å². The van der Waals surface area contributed by atoms with Crippen LogP contribution in [0.15, 0.2) is 48.7 Å². The van der Waals surface area contributed by atoms with E-state index >= 15 is 0 Å². The van der Waals surface area contributed by atoms with Crippen LogP contribution in [0.1, 0.15) is 36.8 Å². The Morgan fingerprint density at radius 2 is 1.70 bits per heavy atom. The van der Waals surface area contributed by atoms with Crippen LogP contribution in [0.3, 0.4) is 0 Å². The summed E-state index contributed by atoms with van der Waals surface area (Å²) >= 11 is 0. The van der Waals surface area contributed by atoms with Crippen LogP contribution < -0.4 is 10.2 Å². The van der Waals surface area contributed by atoms with Crippen molar-refractivity contribution in [2.75, 3.05) is 25.5 Å². The third kappa shape index (κ3) is 3.53. The van der Waals surface area contributed by atoms with E-state index < -0.39 is 17.3 Å². The molecule has 8 heteroatoms. The number of alkyl halides is 3. The van der Waals surface area contributed by atoms with Gasteiger partial charge < -0.3 is 5.32 Å². The lowest BCUT2D eigenvalue weighted by atomic mass is 9.69. The fraction of sp³-hybridized carbons (Fsp3) is 0.455. The Kier molecular flexibility index (Phi) is 5.00. The molecule has 5 nitrogen and oxygen atoms in total. The zero-order valence-corrected chi connectivity index (χ0v) is 17.0. The minimum Gasteiger partial charge on any atom is -0.330 e. The summed E-state index contributed by atoms with van der Waals surface area (Å²) in [5.74, 6) is 0.241. The summed E-state index contributed by atoms with van der Waals surface area (Å²) in [6, 6.07) is 12.3. The molecule has 0 bridgehead atoms. The lowest BCUT2D eigenvalue weighted by Crippen LogP contribution is -2.54. The summed E-state index contributed by atoms with van der Waals surface area (Å²) in [7, 11) is 4.16. The fourth-order valence-corrected chi connectivity index (χ4v) is 4.77. The average molecular weight is 418 g/mol. The number of rotatable bonds is 3. The standard InChI is InChI=1S/C22H25F3N4O/c1-28(2)21(16-6-4-3-5-7-16)12-10-20(11-13-21)15-29(19(30)27-20)18-9-8-17(14-26-18)22(23,24)25/h3-9,14H,10-13,15H2,1-2H3,(H,27,30)/t20-,21-. The molecule has 0 radical (unpaired) electrons. The second kappa shape index (κ2) is 7.27. The summed E-state index contributed by atoms with van der Waals surface area (Å²) in [5.41, 5.74) is -0.0557. The van der Waals surface area contributed by atoms with E-state index in [4.69, 9.17) is 0 Å². The predicted octanol–water partition coefficient (Wildman–Crippen LogP) is 4.40. The van der Waals surface area contributed by atoms with Gasteiger partial charge in [0, 0.05) is 11.7 Å². The Morgan fingerprint density at radius 3 is 2.23 bits per heavy atom. The second-order valence-electron chi connectivity index (χ2n) is 8.49. The number of halogens is 3. The fourth-order valence-electron chi connectivity index (χ4n) is 4.77. The van der Waals surface area contributed by atoms with E-state index in [1.165, 1.54) is 16.5 Å². The number of carbonyl (C=O) groups excluding carboxylic acids is 1. The number of carbonyl (C=O) groups is 1. The van der Waals surface area contributed by atoms with Crippen molar-refractivity contribution in [2.45, 2.75) is 42.9 Å². The number of hydrogen-bond donors (Lipinski definition) is 1. The Hall–Kier alpha value is -2.61. The first kappa shape index (κ1) is 20.7. The summed E-state index contributed by atoms with van der Waals surface area (Å²) in [6.45, 7) is 0.405. The zero-order valence-electron chi connectivity index (χ0n) is 17.0. The van der Waals surface area contributed by atoms with Crippen LogP contribution in [0.25, 0.3) is 0 Å². The van der Waals surface area contributed by atoms with Gasteiger partial charge in [0.2, 0.25) is 0 Å². The highest BCUT2D eigenvalue weighted by atomic mass is 19.4. The SMILES string of the molecule is CN(C)[C@]1(c2ccccc2)CC[C@@]2(CC1)CN(c1ccc(C(F)(F)F)cn1)C(=O)N2. The second-order valence-corrected chi connectivity index (χ2v) is 8.49. The number of anilines is 1. The molecule has 1 aliphatic carbocycles. The summed E-state index contributed by atoms with van der Waals surface area (Å²) < 4.78 is 38.4. The first-order valence-electron chi connectivity index (χ1n) is 10.0. The topological polar surface area (TPSA) is 48.5 Å². The summed E-state index contributed by atoms with van der Waals surface area (Å²) in [6.07, 6.45) is -0.361. The molecule has 0 unspecified atom stereocenters. The molecule has 2 heterocycles. The summed E-state index contributed by atoms with van der Waals surface area (Å²) in [4.78, 5) is 20.2. The van der Waals surface area contributed by atoms with Gasteiger partial charge in [-0.25, -0.2) is 9.78 Å². The van der Waals surface area contributed by atoms with Crippen LogP contribution >= 0.6 is 0 Å². The largest absolute Gasteiger partial charge is 0.417 e. The van der Waals surface area contributed by atoms with Crippen molar-refractivity contribution in [1.82, 2.24) is 15.2 Å². The normalized spacial score (nSPS) is 27.0. The van der Waals surface area contributed by atoms with Crippen LogP contribution in [0.4, 0.5) is 23.8 Å². The maximum atomic E-state index is 12.8. The number of urea groups is 1. The maximum absolute atomic E-state index is 12.8. The molecule has 30 heavy (non-hydrogen) atoms. The molecule has 1 N–H and O–H groups in total. The molecule has 2 aliphatic rings. The van der Waals surface area contributed by atoms with Crippen LogP contribution in [-0.2, 0) is 11.7 Å². The average Bonchev–Trinajstić information content (AvgIpc) is 3.04. The first-order valence-corrected chi connectivity index (χ1v) is 10.0. The Bertz CT molecular complexity index is 904. The van der Waals surface area contributed by atoms with E-state index in [9.17, 15) is 18.0 Å². The number of amides is 2. The van der Waals surface area contributed by atoms with Gasteiger partial charge in [0.05, 0.1) is 17.6 Å². The number of aromatic nitrogens is 1. The van der Waals surface area contributed by atoms with Crippen LogP contribution in [0.5, 0.6) is 0 Å². The Morgan fingerprint density at radius 1 is 1.03 bits per heavy atom. The van der Waals surface area contributed by atoms with Crippen LogP contribution in [-0.4, -0.2) is 42.1 Å². The third-order valence-electron chi connectivity index (χ3n) is 6.63. The van der Waals surface area contributed by atoms with Crippen LogP contribution in [0, 0.1) is 0 Å². The van der Waals surface area contributed by atoms with Crippen molar-refractivity contribution in [3.05, 3.63) is 59.8 Å². The molecule has 1 spiro atoms. The first-order chi connectivity index (χ1) is 14.2. The molecule has 160 valence electrons. The minimum absolute atomic E-state index is 0.0999. The van der Waals surface area contributed by atoms with Crippen molar-refractivity contribution < 1.29 is 18.0 Å². The molecule has 2 aromatic rings. The highest BCUT2D eigenvalue weighted by Gasteiger charge is 2.50. The van der Waals surface area contributed by atoms with Gasteiger partial charge in [-0.1, -0.05) is 30.3 Å². The Labute approximate surface area is 173 Å². The summed E-state index contributed by atoms with van der Waals surface area (Å²) in [5, 5.41) is 3.10. The smallest absolute Gasteiger partial charge is 0.330 e. The van der Waals surface area contributed by atoms with E-state index in [1.54, 1.807) is 0 Å². The molecule has 4 rings (SSSR count). The molecular formula is C22H25F3N4O. The van der Waals surface area contributed by atoms with Crippen LogP contribution in [0.2, 0.25) is 0 Å². The molecule has 1 saturated heterocycles. The van der Waals surface area contributed by atoms with Crippen molar-refractivity contribution in [2.24, 2.45) is 0 Å². The number of nitrogens with zero attached hydrogens (tertiary/aromatic N) is 3. The van der Waals surface area contributed by atoms with E-state index in [0.29, 0.717) is 6.54 Å². The van der Waals surface area contributed by atoms with Gasteiger partial charge in [0.25, 0.3) is 0 Å². The Balaban J connectivity index is 1.52. The van der Waals surface area contributed by atoms with Gasteiger partial charge in [0.15, 0.2) is 0 Å². The van der Waals surface area contributed by atoms with E-state index in [2.05, 4.69) is 41.4 Å². The lowest BCUT2D eigenvalue weighted by Gasteiger charge is -2.48. The molecule has 0 atom stereocenters. The van der Waals surface area contributed by atoms with Crippen molar-refractivity contribution in [3.8, 4) is 0 Å². The zero-order chi connectivity index (χ0) is 21.6. The number of benzene rings is 1. The monoisotopic (exact) mass is 418 g/mol. The van der Waals surface area contributed by atoms with Gasteiger partial charge in [-0.15, -0.1) is 0 Å². The highest BCUT2D eigenvalue weighted by Crippen LogP contribution is 2.46. The molecule has 1 aromatic heterocycles. The molecule has 1 aromatic carbocycles. The predicted molar refractivity (Wildman–Crippen MR) is 108 cm³/mol. The van der Waals surface area contributed by atoms with E-state index in [0.717, 1.165) is 37.9 Å². The van der Waals surface area contributed by atoms with Crippen molar-refractivity contribution >= 4 is 11.8 Å². The van der Waals surface area contributed by atoms with E-state index in [1.807, 2.05) is 18.2 Å². The molecule has 2 fully saturated rings. The maximum Gasteiger partial charge on any atom is 0.417 e. The molecule has 1 aliphatic heterocycles. The van der Waals surface area contributed by atoms with Gasteiger partial charge in [-0.3, -0.25) is 9.80 Å².